The summed E-state index contributed by atoms with van der Waals surface area (Å²) in [7, 11) is 0. The highest BCUT2D eigenvalue weighted by Crippen LogP contribution is 2.41. The van der Waals surface area contributed by atoms with Gasteiger partial charge in [0.25, 0.3) is 5.91 Å². The van der Waals surface area contributed by atoms with Gasteiger partial charge in [0.15, 0.2) is 0 Å². The number of halogens is 1. The molecule has 0 aliphatic carbocycles. The highest BCUT2D eigenvalue weighted by atomic mass is 19.1. The van der Waals surface area contributed by atoms with Crippen LogP contribution in [0.25, 0.3) is 10.9 Å². The van der Waals surface area contributed by atoms with E-state index in [-0.39, 0.29) is 30.1 Å². The molecule has 1 atom stereocenters. The second kappa shape index (κ2) is 9.15. The number of hydrogen-bond donors (Lipinski definition) is 1. The number of carbonyl (C=O) groups is 2. The summed E-state index contributed by atoms with van der Waals surface area (Å²) in [6.45, 7) is 2.57. The van der Waals surface area contributed by atoms with Gasteiger partial charge in [-0.3, -0.25) is 9.59 Å². The SMILES string of the molecule is O=C(CCN1C(=O)c2ccccc2[C@@H]1c1c[nH]c2ccccc12)N1CCN(c2ccccc2F)CC1. The lowest BCUT2D eigenvalue weighted by atomic mass is 9.97. The minimum atomic E-state index is -0.243. The molecule has 1 saturated heterocycles. The number of carbonyl (C=O) groups excluding carboxylic acids is 2. The van der Waals surface area contributed by atoms with Gasteiger partial charge in [0, 0.05) is 67.4 Å². The van der Waals surface area contributed by atoms with Crippen molar-refractivity contribution < 1.29 is 14.0 Å². The molecule has 1 fully saturated rings. The first-order valence-electron chi connectivity index (χ1n) is 12.3. The third-order valence-corrected chi connectivity index (χ3v) is 7.37. The van der Waals surface area contributed by atoms with Crippen molar-refractivity contribution in [2.45, 2.75) is 12.5 Å². The second-order valence-electron chi connectivity index (χ2n) is 9.35. The molecule has 6 rings (SSSR count). The van der Waals surface area contributed by atoms with E-state index < -0.39 is 0 Å². The van der Waals surface area contributed by atoms with Crippen LogP contribution in [0, 0.1) is 5.82 Å². The fraction of sp³-hybridized carbons (Fsp3) is 0.241. The van der Waals surface area contributed by atoms with Crippen LogP contribution >= 0.6 is 0 Å². The van der Waals surface area contributed by atoms with Crippen molar-refractivity contribution in [1.29, 1.82) is 0 Å². The second-order valence-corrected chi connectivity index (χ2v) is 9.35. The Kier molecular flexibility index (Phi) is 5.68. The van der Waals surface area contributed by atoms with Gasteiger partial charge in [-0.05, 0) is 29.8 Å². The number of H-pyrrole nitrogens is 1. The minimum absolute atomic E-state index is 0.0182. The van der Waals surface area contributed by atoms with E-state index in [0.717, 1.165) is 22.0 Å². The van der Waals surface area contributed by atoms with Crippen molar-refractivity contribution in [2.24, 2.45) is 0 Å². The number of aromatic amines is 1. The number of piperazine rings is 1. The quantitative estimate of drug-likeness (QED) is 0.453. The molecule has 0 unspecified atom stereocenters. The fourth-order valence-corrected chi connectivity index (χ4v) is 5.54. The lowest BCUT2D eigenvalue weighted by Crippen LogP contribution is -2.49. The third kappa shape index (κ3) is 3.81. The van der Waals surface area contributed by atoms with Crippen molar-refractivity contribution >= 4 is 28.4 Å². The molecule has 4 aromatic rings. The van der Waals surface area contributed by atoms with Gasteiger partial charge in [-0.25, -0.2) is 4.39 Å². The number of rotatable bonds is 5. The van der Waals surface area contributed by atoms with E-state index in [0.29, 0.717) is 44.0 Å². The van der Waals surface area contributed by atoms with Crippen LogP contribution in [0.3, 0.4) is 0 Å². The maximum atomic E-state index is 14.2. The molecule has 1 aromatic heterocycles. The Morgan fingerprint density at radius 1 is 0.889 bits per heavy atom. The summed E-state index contributed by atoms with van der Waals surface area (Å²) in [6.07, 6.45) is 2.22. The van der Waals surface area contributed by atoms with Crippen LogP contribution in [0.1, 0.15) is 33.9 Å². The van der Waals surface area contributed by atoms with E-state index in [4.69, 9.17) is 0 Å². The van der Waals surface area contributed by atoms with Crippen LogP contribution in [0.4, 0.5) is 10.1 Å². The predicted molar refractivity (Wildman–Crippen MR) is 137 cm³/mol. The molecule has 3 aromatic carbocycles. The number of aromatic nitrogens is 1. The third-order valence-electron chi connectivity index (χ3n) is 7.37. The lowest BCUT2D eigenvalue weighted by molar-refractivity contribution is -0.131. The molecule has 6 nitrogen and oxygen atoms in total. The molecule has 2 amide bonds. The monoisotopic (exact) mass is 482 g/mol. The molecule has 0 spiro atoms. The maximum absolute atomic E-state index is 14.2. The predicted octanol–water partition coefficient (Wildman–Crippen LogP) is 4.59. The van der Waals surface area contributed by atoms with Gasteiger partial charge < -0.3 is 19.7 Å². The Bertz CT molecular complexity index is 1440. The normalized spacial score (nSPS) is 17.6. The van der Waals surface area contributed by atoms with Gasteiger partial charge in [0.1, 0.15) is 5.82 Å². The zero-order valence-electron chi connectivity index (χ0n) is 19.9. The summed E-state index contributed by atoms with van der Waals surface area (Å²) in [5.41, 5.74) is 4.30. The molecule has 0 bridgehead atoms. The van der Waals surface area contributed by atoms with Crippen LogP contribution < -0.4 is 4.90 Å². The van der Waals surface area contributed by atoms with Crippen LogP contribution in [0.5, 0.6) is 0 Å². The molecule has 36 heavy (non-hydrogen) atoms. The minimum Gasteiger partial charge on any atom is -0.366 e. The summed E-state index contributed by atoms with van der Waals surface area (Å²) in [5, 5.41) is 1.08. The molecule has 0 radical (unpaired) electrons. The summed E-state index contributed by atoms with van der Waals surface area (Å²) in [5.74, 6) is -0.268. The maximum Gasteiger partial charge on any atom is 0.255 e. The lowest BCUT2D eigenvalue weighted by Gasteiger charge is -2.36. The highest BCUT2D eigenvalue weighted by molar-refractivity contribution is 6.01. The van der Waals surface area contributed by atoms with Crippen LogP contribution in [-0.2, 0) is 4.79 Å². The number of nitrogens with one attached hydrogen (secondary N) is 1. The molecular formula is C29H27FN4O2. The summed E-state index contributed by atoms with van der Waals surface area (Å²) < 4.78 is 14.2. The topological polar surface area (TPSA) is 59.7 Å². The van der Waals surface area contributed by atoms with Gasteiger partial charge in [0.05, 0.1) is 11.7 Å². The average Bonchev–Trinajstić information content (AvgIpc) is 3.46. The summed E-state index contributed by atoms with van der Waals surface area (Å²) in [4.78, 5) is 35.5. The van der Waals surface area contributed by atoms with Crippen LogP contribution in [-0.4, -0.2) is 59.3 Å². The van der Waals surface area contributed by atoms with Gasteiger partial charge in [-0.1, -0.05) is 48.5 Å². The average molecular weight is 483 g/mol. The fourth-order valence-electron chi connectivity index (χ4n) is 5.54. The molecule has 2 aliphatic heterocycles. The van der Waals surface area contributed by atoms with Gasteiger partial charge >= 0.3 is 0 Å². The van der Waals surface area contributed by atoms with Crippen LogP contribution in [0.2, 0.25) is 0 Å². The summed E-state index contributed by atoms with van der Waals surface area (Å²) >= 11 is 0. The van der Waals surface area contributed by atoms with Crippen molar-refractivity contribution in [3.05, 3.63) is 102 Å². The van der Waals surface area contributed by atoms with Crippen molar-refractivity contribution in [3.63, 3.8) is 0 Å². The van der Waals surface area contributed by atoms with E-state index in [1.807, 2.05) is 69.4 Å². The standard InChI is InChI=1S/C29H27FN4O2/c30-24-10-4-6-12-26(24)32-15-17-33(18-16-32)27(35)13-14-34-28(21-8-1-2-9-22(21)29(34)36)23-19-31-25-11-5-3-7-20(23)25/h1-12,19,28,31H,13-18H2/t28-/m1/s1. The number of hydrogen-bond acceptors (Lipinski definition) is 3. The first kappa shape index (κ1) is 22.3. The Hall–Kier alpha value is -4.13. The van der Waals surface area contributed by atoms with Gasteiger partial charge in [-0.15, -0.1) is 0 Å². The smallest absolute Gasteiger partial charge is 0.255 e. The van der Waals surface area contributed by atoms with E-state index in [1.165, 1.54) is 6.07 Å². The van der Waals surface area contributed by atoms with E-state index in [1.54, 1.807) is 12.1 Å². The van der Waals surface area contributed by atoms with Gasteiger partial charge in [0.2, 0.25) is 5.91 Å². The van der Waals surface area contributed by atoms with Crippen molar-refractivity contribution in [2.75, 3.05) is 37.6 Å². The number of benzene rings is 3. The molecule has 1 N–H and O–H groups in total. The molecule has 7 heteroatoms. The molecule has 0 saturated carbocycles. The summed E-state index contributed by atoms with van der Waals surface area (Å²) in [6, 6.07) is 22.3. The Morgan fingerprint density at radius 3 is 2.44 bits per heavy atom. The van der Waals surface area contributed by atoms with Crippen molar-refractivity contribution in [1.82, 2.24) is 14.8 Å². The molecular weight excluding hydrogens is 455 g/mol. The van der Waals surface area contributed by atoms with E-state index >= 15 is 0 Å². The number of amides is 2. The number of nitrogens with zero attached hydrogens (tertiary/aromatic N) is 3. The van der Waals surface area contributed by atoms with Crippen molar-refractivity contribution in [3.8, 4) is 0 Å². The Balaban J connectivity index is 1.18. The molecule has 3 heterocycles. The first-order valence-corrected chi connectivity index (χ1v) is 12.3. The Labute approximate surface area is 208 Å². The number of para-hydroxylation sites is 2. The first-order chi connectivity index (χ1) is 17.6. The van der Waals surface area contributed by atoms with Crippen LogP contribution in [0.15, 0.2) is 79.0 Å². The molecule has 2 aliphatic rings. The van der Waals surface area contributed by atoms with E-state index in [2.05, 4.69) is 11.1 Å². The van der Waals surface area contributed by atoms with E-state index in [9.17, 15) is 14.0 Å². The number of anilines is 1. The highest BCUT2D eigenvalue weighted by Gasteiger charge is 2.38. The number of fused-ring (bicyclic) bond motifs is 2. The zero-order valence-corrected chi connectivity index (χ0v) is 19.9. The molecule has 182 valence electrons. The Morgan fingerprint density at radius 2 is 1.61 bits per heavy atom. The largest absolute Gasteiger partial charge is 0.366 e. The zero-order chi connectivity index (χ0) is 24.6. The van der Waals surface area contributed by atoms with Gasteiger partial charge in [-0.2, -0.15) is 0 Å².